The Balaban J connectivity index is 2.84. The van der Waals surface area contributed by atoms with Crippen molar-refractivity contribution in [1.29, 1.82) is 0 Å². The van der Waals surface area contributed by atoms with Gasteiger partial charge < -0.3 is 0 Å². The van der Waals surface area contributed by atoms with Crippen LogP contribution in [0.15, 0.2) is 28.9 Å². The molecule has 0 N–H and O–H groups in total. The Morgan fingerprint density at radius 3 is 2.33 bits per heavy atom. The second-order valence-electron chi connectivity index (χ2n) is 2.59. The molecule has 0 fully saturated rings. The SMILES string of the molecule is Cc1nc2ccccc2nc1Br. The van der Waals surface area contributed by atoms with Crippen molar-refractivity contribution < 1.29 is 0 Å². The van der Waals surface area contributed by atoms with Gasteiger partial charge in [0.2, 0.25) is 0 Å². The van der Waals surface area contributed by atoms with Crippen molar-refractivity contribution >= 4 is 27.0 Å². The summed E-state index contributed by atoms with van der Waals surface area (Å²) in [4.78, 5) is 8.70. The number of aromatic nitrogens is 2. The van der Waals surface area contributed by atoms with Gasteiger partial charge in [0.1, 0.15) is 4.60 Å². The molecule has 2 nitrogen and oxygen atoms in total. The Kier molecular flexibility index (Phi) is 1.81. The summed E-state index contributed by atoms with van der Waals surface area (Å²) >= 11 is 3.34. The van der Waals surface area contributed by atoms with Crippen LogP contribution < -0.4 is 0 Å². The minimum atomic E-state index is 0.821. The number of hydrogen-bond donors (Lipinski definition) is 0. The maximum Gasteiger partial charge on any atom is 0.128 e. The van der Waals surface area contributed by atoms with E-state index in [9.17, 15) is 0 Å². The molecule has 0 spiro atoms. The molecular formula is C9H7BrN2. The second-order valence-corrected chi connectivity index (χ2v) is 3.34. The summed E-state index contributed by atoms with van der Waals surface area (Å²) in [7, 11) is 0. The van der Waals surface area contributed by atoms with Gasteiger partial charge in [-0.2, -0.15) is 0 Å². The van der Waals surface area contributed by atoms with Gasteiger partial charge in [-0.3, -0.25) is 0 Å². The van der Waals surface area contributed by atoms with Crippen molar-refractivity contribution in [3.05, 3.63) is 34.6 Å². The monoisotopic (exact) mass is 222 g/mol. The maximum absolute atomic E-state index is 4.37. The van der Waals surface area contributed by atoms with Gasteiger partial charge in [0.15, 0.2) is 0 Å². The van der Waals surface area contributed by atoms with E-state index in [0.717, 1.165) is 21.3 Å². The number of rotatable bonds is 0. The van der Waals surface area contributed by atoms with E-state index in [0.29, 0.717) is 0 Å². The molecule has 2 rings (SSSR count). The highest BCUT2D eigenvalue weighted by atomic mass is 79.9. The van der Waals surface area contributed by atoms with Crippen LogP contribution >= 0.6 is 15.9 Å². The first kappa shape index (κ1) is 7.68. The molecule has 0 amide bonds. The molecule has 0 saturated carbocycles. The predicted octanol–water partition coefficient (Wildman–Crippen LogP) is 2.70. The fourth-order valence-corrected chi connectivity index (χ4v) is 1.35. The average Bonchev–Trinajstić information content (AvgIpc) is 2.07. The van der Waals surface area contributed by atoms with E-state index in [4.69, 9.17) is 0 Å². The maximum atomic E-state index is 4.37. The van der Waals surface area contributed by atoms with Crippen LogP contribution in [0.25, 0.3) is 11.0 Å². The van der Waals surface area contributed by atoms with Crippen LogP contribution in [0.4, 0.5) is 0 Å². The predicted molar refractivity (Wildman–Crippen MR) is 52.0 cm³/mol. The van der Waals surface area contributed by atoms with Crippen LogP contribution in [-0.2, 0) is 0 Å². The lowest BCUT2D eigenvalue weighted by Crippen LogP contribution is -1.89. The number of nitrogens with zero attached hydrogens (tertiary/aromatic N) is 2. The minimum absolute atomic E-state index is 0.821. The first-order valence-electron chi connectivity index (χ1n) is 3.66. The lowest BCUT2D eigenvalue weighted by Gasteiger charge is -1.99. The van der Waals surface area contributed by atoms with Crippen LogP contribution in [0.1, 0.15) is 5.69 Å². The van der Waals surface area contributed by atoms with Gasteiger partial charge in [-0.05, 0) is 35.0 Å². The van der Waals surface area contributed by atoms with Gasteiger partial charge >= 0.3 is 0 Å². The summed E-state index contributed by atoms with van der Waals surface area (Å²) in [5, 5.41) is 0. The zero-order valence-electron chi connectivity index (χ0n) is 6.58. The number of para-hydroxylation sites is 2. The van der Waals surface area contributed by atoms with Gasteiger partial charge in [-0.25, -0.2) is 9.97 Å². The number of benzene rings is 1. The molecule has 60 valence electrons. The Bertz CT molecular complexity index is 385. The highest BCUT2D eigenvalue weighted by molar-refractivity contribution is 9.10. The van der Waals surface area contributed by atoms with Gasteiger partial charge in [0.25, 0.3) is 0 Å². The lowest BCUT2D eigenvalue weighted by molar-refractivity contribution is 1.15. The van der Waals surface area contributed by atoms with Crippen molar-refractivity contribution in [2.75, 3.05) is 0 Å². The fraction of sp³-hybridized carbons (Fsp3) is 0.111. The van der Waals surface area contributed by atoms with E-state index in [-0.39, 0.29) is 0 Å². The van der Waals surface area contributed by atoms with E-state index in [1.165, 1.54) is 0 Å². The molecule has 0 atom stereocenters. The highest BCUT2D eigenvalue weighted by Crippen LogP contribution is 2.15. The first-order chi connectivity index (χ1) is 5.77. The summed E-state index contributed by atoms with van der Waals surface area (Å²) in [5.41, 5.74) is 2.79. The van der Waals surface area contributed by atoms with Crippen LogP contribution in [0.3, 0.4) is 0 Å². The smallest absolute Gasteiger partial charge is 0.128 e. The van der Waals surface area contributed by atoms with Gasteiger partial charge in [-0.15, -0.1) is 0 Å². The molecule has 0 aliphatic rings. The van der Waals surface area contributed by atoms with E-state index in [1.54, 1.807) is 0 Å². The average molecular weight is 223 g/mol. The van der Waals surface area contributed by atoms with E-state index < -0.39 is 0 Å². The molecular weight excluding hydrogens is 216 g/mol. The Labute approximate surface area is 78.8 Å². The summed E-state index contributed by atoms with van der Waals surface area (Å²) in [6, 6.07) is 7.83. The molecule has 0 unspecified atom stereocenters. The third kappa shape index (κ3) is 1.20. The van der Waals surface area contributed by atoms with Crippen molar-refractivity contribution in [1.82, 2.24) is 9.97 Å². The Morgan fingerprint density at radius 2 is 1.67 bits per heavy atom. The quantitative estimate of drug-likeness (QED) is 0.686. The van der Waals surface area contributed by atoms with Crippen molar-refractivity contribution in [3.8, 4) is 0 Å². The standard InChI is InChI=1S/C9H7BrN2/c1-6-9(10)12-8-5-3-2-4-7(8)11-6/h2-5H,1H3. The van der Waals surface area contributed by atoms with Crippen LogP contribution in [0.2, 0.25) is 0 Å². The number of fused-ring (bicyclic) bond motifs is 1. The summed E-state index contributed by atoms with van der Waals surface area (Å²) < 4.78 is 0.821. The Hall–Kier alpha value is -0.960. The normalized spacial score (nSPS) is 10.5. The van der Waals surface area contributed by atoms with Crippen LogP contribution in [0.5, 0.6) is 0 Å². The number of aryl methyl sites for hydroxylation is 1. The zero-order valence-corrected chi connectivity index (χ0v) is 8.17. The first-order valence-corrected chi connectivity index (χ1v) is 4.45. The fourth-order valence-electron chi connectivity index (χ4n) is 1.07. The van der Waals surface area contributed by atoms with Crippen molar-refractivity contribution in [2.45, 2.75) is 6.92 Å². The molecule has 12 heavy (non-hydrogen) atoms. The van der Waals surface area contributed by atoms with Crippen molar-refractivity contribution in [3.63, 3.8) is 0 Å². The number of halogens is 1. The van der Waals surface area contributed by atoms with Crippen molar-refractivity contribution in [2.24, 2.45) is 0 Å². The molecule has 1 aromatic heterocycles. The second kappa shape index (κ2) is 2.83. The third-order valence-electron chi connectivity index (χ3n) is 1.69. The molecule has 0 radical (unpaired) electrons. The highest BCUT2D eigenvalue weighted by Gasteiger charge is 1.99. The molecule has 1 aromatic carbocycles. The summed E-state index contributed by atoms with van der Waals surface area (Å²) in [5.74, 6) is 0. The molecule has 1 heterocycles. The summed E-state index contributed by atoms with van der Waals surface area (Å²) in [6.07, 6.45) is 0. The topological polar surface area (TPSA) is 25.8 Å². The van der Waals surface area contributed by atoms with Gasteiger partial charge in [0.05, 0.1) is 16.7 Å². The van der Waals surface area contributed by atoms with E-state index in [2.05, 4.69) is 25.9 Å². The van der Waals surface area contributed by atoms with E-state index >= 15 is 0 Å². The van der Waals surface area contributed by atoms with Crippen LogP contribution in [-0.4, -0.2) is 9.97 Å². The van der Waals surface area contributed by atoms with Gasteiger partial charge in [-0.1, -0.05) is 12.1 Å². The third-order valence-corrected chi connectivity index (χ3v) is 2.44. The molecule has 3 heteroatoms. The molecule has 0 saturated heterocycles. The zero-order chi connectivity index (χ0) is 8.55. The molecule has 0 bridgehead atoms. The van der Waals surface area contributed by atoms with Gasteiger partial charge in [0, 0.05) is 0 Å². The molecule has 0 aliphatic heterocycles. The largest absolute Gasteiger partial charge is 0.249 e. The van der Waals surface area contributed by atoms with Crippen LogP contribution in [0, 0.1) is 6.92 Å². The Morgan fingerprint density at radius 1 is 1.08 bits per heavy atom. The lowest BCUT2D eigenvalue weighted by atomic mass is 10.3. The summed E-state index contributed by atoms with van der Waals surface area (Å²) in [6.45, 7) is 1.93. The minimum Gasteiger partial charge on any atom is -0.249 e. The molecule has 0 aliphatic carbocycles. The number of hydrogen-bond acceptors (Lipinski definition) is 2. The molecule has 2 aromatic rings. The van der Waals surface area contributed by atoms with E-state index in [1.807, 2.05) is 31.2 Å².